The maximum Gasteiger partial charge on any atom is 0.363 e. The third-order valence-corrected chi connectivity index (χ3v) is 4.85. The van der Waals surface area contributed by atoms with Gasteiger partial charge in [0.2, 0.25) is 5.90 Å². The first-order chi connectivity index (χ1) is 13.0. The molecule has 27 heavy (non-hydrogen) atoms. The van der Waals surface area contributed by atoms with E-state index in [2.05, 4.69) is 10.1 Å². The van der Waals surface area contributed by atoms with Crippen LogP contribution in [0, 0.1) is 6.92 Å². The SMILES string of the molecule is Cc1onc(-c2ccccc2)c1C1=N/C(=C/c2cccc(Cl)c2Cl)C(=O)O1. The number of cyclic esters (lactones) is 1. The Bertz CT molecular complexity index is 1100. The number of benzene rings is 2. The fraction of sp³-hybridized carbons (Fsp3) is 0.0500. The zero-order valence-corrected chi connectivity index (χ0v) is 15.6. The number of carbonyl (C=O) groups is 1. The van der Waals surface area contributed by atoms with Crippen LogP contribution in [0.25, 0.3) is 17.3 Å². The van der Waals surface area contributed by atoms with Gasteiger partial charge in [0.1, 0.15) is 17.0 Å². The zero-order chi connectivity index (χ0) is 19.0. The van der Waals surface area contributed by atoms with E-state index in [1.807, 2.05) is 30.3 Å². The van der Waals surface area contributed by atoms with E-state index in [4.69, 9.17) is 32.5 Å². The highest BCUT2D eigenvalue weighted by atomic mass is 35.5. The number of rotatable bonds is 3. The van der Waals surface area contributed by atoms with E-state index in [9.17, 15) is 4.79 Å². The van der Waals surface area contributed by atoms with Crippen molar-refractivity contribution < 1.29 is 14.1 Å². The third kappa shape index (κ3) is 3.27. The standard InChI is InChI=1S/C20H12Cl2N2O3/c1-11-16(18(24-27-11)12-6-3-2-4-7-12)19-23-15(20(25)26-19)10-13-8-5-9-14(21)17(13)22/h2-10H,1H3/b15-10+. The van der Waals surface area contributed by atoms with Crippen molar-refractivity contribution in [2.45, 2.75) is 6.92 Å². The first-order valence-electron chi connectivity index (χ1n) is 8.03. The predicted octanol–water partition coefficient (Wildman–Crippen LogP) is 5.30. The summed E-state index contributed by atoms with van der Waals surface area (Å²) >= 11 is 12.2. The lowest BCUT2D eigenvalue weighted by atomic mass is 10.1. The largest absolute Gasteiger partial charge is 0.402 e. The average Bonchev–Trinajstić information content (AvgIpc) is 3.22. The number of carbonyl (C=O) groups excluding carboxylic acids is 1. The Morgan fingerprint density at radius 2 is 1.81 bits per heavy atom. The predicted molar refractivity (Wildman–Crippen MR) is 104 cm³/mol. The van der Waals surface area contributed by atoms with Crippen LogP contribution >= 0.6 is 23.2 Å². The van der Waals surface area contributed by atoms with Gasteiger partial charge in [-0.1, -0.05) is 70.8 Å². The summed E-state index contributed by atoms with van der Waals surface area (Å²) in [6.45, 7) is 1.74. The second-order valence-corrected chi connectivity index (χ2v) is 6.59. The number of halogens is 2. The molecule has 0 aliphatic carbocycles. The minimum absolute atomic E-state index is 0.119. The second-order valence-electron chi connectivity index (χ2n) is 5.81. The molecular weight excluding hydrogens is 387 g/mol. The molecule has 3 aromatic rings. The van der Waals surface area contributed by atoms with Crippen LogP contribution in [-0.4, -0.2) is 17.0 Å². The van der Waals surface area contributed by atoms with Crippen LogP contribution in [0.3, 0.4) is 0 Å². The van der Waals surface area contributed by atoms with Gasteiger partial charge in [-0.25, -0.2) is 9.79 Å². The smallest absolute Gasteiger partial charge is 0.363 e. The molecule has 1 aliphatic heterocycles. The Morgan fingerprint density at radius 3 is 2.59 bits per heavy atom. The third-order valence-electron chi connectivity index (χ3n) is 4.02. The molecule has 0 amide bonds. The summed E-state index contributed by atoms with van der Waals surface area (Å²) in [6.07, 6.45) is 1.54. The van der Waals surface area contributed by atoms with Gasteiger partial charge >= 0.3 is 5.97 Å². The molecule has 0 radical (unpaired) electrons. The zero-order valence-electron chi connectivity index (χ0n) is 14.1. The van der Waals surface area contributed by atoms with Crippen LogP contribution in [0.1, 0.15) is 16.9 Å². The van der Waals surface area contributed by atoms with Crippen LogP contribution in [-0.2, 0) is 9.53 Å². The molecule has 0 fully saturated rings. The maximum absolute atomic E-state index is 12.3. The van der Waals surface area contributed by atoms with E-state index >= 15 is 0 Å². The number of aliphatic imine (C=N–C) groups is 1. The van der Waals surface area contributed by atoms with Crippen molar-refractivity contribution in [1.82, 2.24) is 5.16 Å². The van der Waals surface area contributed by atoms with Crippen LogP contribution in [0.5, 0.6) is 0 Å². The Kier molecular flexibility index (Phi) is 4.56. The van der Waals surface area contributed by atoms with Gasteiger partial charge in [0.05, 0.1) is 10.0 Å². The Labute approximate surface area is 164 Å². The fourth-order valence-electron chi connectivity index (χ4n) is 2.71. The molecule has 5 nitrogen and oxygen atoms in total. The van der Waals surface area contributed by atoms with Crippen molar-refractivity contribution in [3.8, 4) is 11.3 Å². The van der Waals surface area contributed by atoms with Crippen molar-refractivity contribution >= 4 is 41.1 Å². The summed E-state index contributed by atoms with van der Waals surface area (Å²) in [5.41, 5.74) is 2.62. The molecule has 1 aromatic heterocycles. The number of esters is 1. The van der Waals surface area contributed by atoms with Gasteiger partial charge in [0.25, 0.3) is 0 Å². The van der Waals surface area contributed by atoms with Crippen LogP contribution < -0.4 is 0 Å². The number of hydrogen-bond acceptors (Lipinski definition) is 5. The normalized spacial score (nSPS) is 15.1. The Morgan fingerprint density at radius 1 is 1.04 bits per heavy atom. The quantitative estimate of drug-likeness (QED) is 0.443. The minimum atomic E-state index is -0.583. The van der Waals surface area contributed by atoms with Crippen LogP contribution in [0.4, 0.5) is 0 Å². The first-order valence-corrected chi connectivity index (χ1v) is 8.79. The lowest BCUT2D eigenvalue weighted by Gasteiger charge is -2.01. The summed E-state index contributed by atoms with van der Waals surface area (Å²) in [7, 11) is 0. The van der Waals surface area contributed by atoms with Crippen LogP contribution in [0.2, 0.25) is 10.0 Å². The highest BCUT2D eigenvalue weighted by Crippen LogP contribution is 2.31. The molecule has 0 unspecified atom stereocenters. The van der Waals surface area contributed by atoms with Gasteiger partial charge in [-0.05, 0) is 24.6 Å². The summed E-state index contributed by atoms with van der Waals surface area (Å²) in [5, 5.41) is 4.82. The van der Waals surface area contributed by atoms with E-state index in [1.165, 1.54) is 6.08 Å². The summed E-state index contributed by atoms with van der Waals surface area (Å²) < 4.78 is 10.7. The molecular formula is C20H12Cl2N2O3. The molecule has 4 rings (SSSR count). The average molecular weight is 399 g/mol. The van der Waals surface area contributed by atoms with Gasteiger partial charge < -0.3 is 9.26 Å². The van der Waals surface area contributed by atoms with Crippen molar-refractivity contribution in [3.63, 3.8) is 0 Å². The van der Waals surface area contributed by atoms with Gasteiger partial charge in [0, 0.05) is 5.56 Å². The van der Waals surface area contributed by atoms with E-state index in [-0.39, 0.29) is 11.6 Å². The number of hydrogen-bond donors (Lipinski definition) is 0. The van der Waals surface area contributed by atoms with E-state index in [0.29, 0.717) is 32.6 Å². The Balaban J connectivity index is 1.78. The molecule has 7 heteroatoms. The molecule has 0 N–H and O–H groups in total. The molecule has 0 atom stereocenters. The molecule has 2 heterocycles. The van der Waals surface area contributed by atoms with Crippen LogP contribution in [0.15, 0.2) is 63.7 Å². The van der Waals surface area contributed by atoms with E-state index in [0.717, 1.165) is 5.56 Å². The molecule has 0 saturated carbocycles. The number of aryl methyl sites for hydroxylation is 1. The lowest BCUT2D eigenvalue weighted by Crippen LogP contribution is -2.07. The molecule has 134 valence electrons. The Hall–Kier alpha value is -2.89. The van der Waals surface area contributed by atoms with Crippen molar-refractivity contribution in [2.75, 3.05) is 0 Å². The van der Waals surface area contributed by atoms with E-state index < -0.39 is 5.97 Å². The van der Waals surface area contributed by atoms with Gasteiger partial charge in [-0.15, -0.1) is 0 Å². The first kappa shape index (κ1) is 17.5. The summed E-state index contributed by atoms with van der Waals surface area (Å²) in [6, 6.07) is 14.6. The molecule has 2 aromatic carbocycles. The molecule has 0 saturated heterocycles. The topological polar surface area (TPSA) is 64.7 Å². The van der Waals surface area contributed by atoms with Gasteiger partial charge in [-0.2, -0.15) is 0 Å². The van der Waals surface area contributed by atoms with Crippen molar-refractivity contribution in [1.29, 1.82) is 0 Å². The number of nitrogens with zero attached hydrogens (tertiary/aromatic N) is 2. The highest BCUT2D eigenvalue weighted by Gasteiger charge is 2.30. The highest BCUT2D eigenvalue weighted by molar-refractivity contribution is 6.43. The number of aromatic nitrogens is 1. The summed E-state index contributed by atoms with van der Waals surface area (Å²) in [4.78, 5) is 16.6. The maximum atomic E-state index is 12.3. The van der Waals surface area contributed by atoms with Crippen molar-refractivity contribution in [3.05, 3.63) is 81.2 Å². The number of ether oxygens (including phenoxy) is 1. The molecule has 0 bridgehead atoms. The van der Waals surface area contributed by atoms with E-state index in [1.54, 1.807) is 25.1 Å². The monoisotopic (exact) mass is 398 g/mol. The van der Waals surface area contributed by atoms with Gasteiger partial charge in [-0.3, -0.25) is 0 Å². The second kappa shape index (κ2) is 7.02. The minimum Gasteiger partial charge on any atom is -0.402 e. The molecule has 1 aliphatic rings. The van der Waals surface area contributed by atoms with Crippen molar-refractivity contribution in [2.24, 2.45) is 4.99 Å². The summed E-state index contributed by atoms with van der Waals surface area (Å²) in [5.74, 6) is 0.0603. The van der Waals surface area contributed by atoms with Gasteiger partial charge in [0.15, 0.2) is 5.70 Å². The fourth-order valence-corrected chi connectivity index (χ4v) is 3.07. The molecule has 0 spiro atoms. The lowest BCUT2D eigenvalue weighted by molar-refractivity contribution is -0.129.